The first-order valence-electron chi connectivity index (χ1n) is 7.95. The van der Waals surface area contributed by atoms with Gasteiger partial charge in [0, 0.05) is 6.42 Å². The number of hydrogen-bond donors (Lipinski definition) is 1. The number of carbonyl (C=O) groups is 1. The van der Waals surface area contributed by atoms with Crippen LogP contribution in [0.1, 0.15) is 18.5 Å². The van der Waals surface area contributed by atoms with Crippen LogP contribution in [0.4, 0.5) is 0 Å². The predicted molar refractivity (Wildman–Crippen MR) is 94.8 cm³/mol. The van der Waals surface area contributed by atoms with Gasteiger partial charge in [0.1, 0.15) is 23.6 Å². The number of nitrogens with one attached hydrogen (secondary N) is 1. The lowest BCUT2D eigenvalue weighted by molar-refractivity contribution is -0.122. The van der Waals surface area contributed by atoms with Crippen LogP contribution in [0.2, 0.25) is 0 Å². The maximum atomic E-state index is 12.7. The van der Waals surface area contributed by atoms with Gasteiger partial charge in [-0.3, -0.25) is 14.0 Å². The highest BCUT2D eigenvalue weighted by molar-refractivity contribution is 7.17. The predicted octanol–water partition coefficient (Wildman–Crippen LogP) is 2.18. The van der Waals surface area contributed by atoms with Crippen molar-refractivity contribution in [2.24, 2.45) is 0 Å². The second kappa shape index (κ2) is 6.21. The first-order valence-corrected chi connectivity index (χ1v) is 8.83. The zero-order valence-corrected chi connectivity index (χ0v) is 14.4. The van der Waals surface area contributed by atoms with Gasteiger partial charge in [0.05, 0.1) is 23.0 Å². The van der Waals surface area contributed by atoms with E-state index in [2.05, 4.69) is 10.4 Å². The SMILES string of the molecule is CCc1nn(CC(=O)NCc2ccco2)c(=O)c2cc3sccc3n12. The third-order valence-electron chi connectivity index (χ3n) is 4.02. The van der Waals surface area contributed by atoms with Gasteiger partial charge in [0.2, 0.25) is 5.91 Å². The van der Waals surface area contributed by atoms with Gasteiger partial charge in [-0.2, -0.15) is 5.10 Å². The van der Waals surface area contributed by atoms with Crippen molar-refractivity contribution < 1.29 is 9.21 Å². The highest BCUT2D eigenvalue weighted by Crippen LogP contribution is 2.24. The van der Waals surface area contributed by atoms with Crippen LogP contribution in [0.15, 0.2) is 45.1 Å². The molecule has 0 aliphatic carbocycles. The fourth-order valence-corrected chi connectivity index (χ4v) is 3.65. The number of amides is 1. The Hall–Kier alpha value is -2.87. The van der Waals surface area contributed by atoms with Crippen LogP contribution in [-0.4, -0.2) is 20.1 Å². The summed E-state index contributed by atoms with van der Waals surface area (Å²) in [4.78, 5) is 24.9. The van der Waals surface area contributed by atoms with E-state index in [1.807, 2.05) is 28.8 Å². The molecule has 7 nitrogen and oxygen atoms in total. The van der Waals surface area contributed by atoms with E-state index in [-0.39, 0.29) is 24.6 Å². The molecular weight excluding hydrogens is 340 g/mol. The minimum Gasteiger partial charge on any atom is -0.467 e. The number of fused-ring (bicyclic) bond motifs is 3. The fraction of sp³-hybridized carbons (Fsp3) is 0.235. The molecule has 4 aromatic heterocycles. The summed E-state index contributed by atoms with van der Waals surface area (Å²) in [5.74, 6) is 1.12. The maximum absolute atomic E-state index is 12.7. The molecule has 8 heteroatoms. The van der Waals surface area contributed by atoms with Crippen molar-refractivity contribution in [1.29, 1.82) is 0 Å². The first kappa shape index (κ1) is 15.6. The molecule has 4 rings (SSSR count). The number of rotatable bonds is 5. The maximum Gasteiger partial charge on any atom is 0.291 e. The molecule has 25 heavy (non-hydrogen) atoms. The molecule has 0 spiro atoms. The van der Waals surface area contributed by atoms with Gasteiger partial charge >= 0.3 is 0 Å². The van der Waals surface area contributed by atoms with Gasteiger partial charge in [0.25, 0.3) is 5.56 Å². The van der Waals surface area contributed by atoms with Crippen LogP contribution in [0.25, 0.3) is 15.7 Å². The van der Waals surface area contributed by atoms with E-state index in [9.17, 15) is 9.59 Å². The van der Waals surface area contributed by atoms with Gasteiger partial charge in [-0.05, 0) is 29.6 Å². The number of aromatic nitrogens is 3. The molecule has 0 aliphatic rings. The minimum absolute atomic E-state index is 0.123. The van der Waals surface area contributed by atoms with Crippen LogP contribution in [0.3, 0.4) is 0 Å². The number of aryl methyl sites for hydroxylation is 1. The van der Waals surface area contributed by atoms with Crippen molar-refractivity contribution in [2.75, 3.05) is 0 Å². The average Bonchev–Trinajstić information content (AvgIpc) is 3.32. The van der Waals surface area contributed by atoms with Gasteiger partial charge in [-0.25, -0.2) is 4.68 Å². The Morgan fingerprint density at radius 2 is 2.24 bits per heavy atom. The molecule has 4 heterocycles. The molecule has 0 fully saturated rings. The van der Waals surface area contributed by atoms with E-state index in [1.165, 1.54) is 4.68 Å². The van der Waals surface area contributed by atoms with Crippen molar-refractivity contribution in [3.05, 3.63) is 57.8 Å². The van der Waals surface area contributed by atoms with E-state index in [1.54, 1.807) is 29.7 Å². The quantitative estimate of drug-likeness (QED) is 0.594. The molecule has 1 N–H and O–H groups in total. The summed E-state index contributed by atoms with van der Waals surface area (Å²) in [7, 11) is 0. The van der Waals surface area contributed by atoms with Crippen LogP contribution < -0.4 is 10.9 Å². The molecule has 0 radical (unpaired) electrons. The Morgan fingerprint density at radius 1 is 1.36 bits per heavy atom. The summed E-state index contributed by atoms with van der Waals surface area (Å²) >= 11 is 1.58. The third-order valence-corrected chi connectivity index (χ3v) is 4.87. The fourth-order valence-electron chi connectivity index (χ4n) is 2.85. The average molecular weight is 356 g/mol. The topological polar surface area (TPSA) is 81.5 Å². The number of hydrogen-bond acceptors (Lipinski definition) is 5. The lowest BCUT2D eigenvalue weighted by Gasteiger charge is -2.10. The largest absolute Gasteiger partial charge is 0.467 e. The van der Waals surface area contributed by atoms with Crippen LogP contribution in [0, 0.1) is 0 Å². The third kappa shape index (κ3) is 2.74. The van der Waals surface area contributed by atoms with E-state index < -0.39 is 0 Å². The van der Waals surface area contributed by atoms with Crippen LogP contribution >= 0.6 is 11.3 Å². The highest BCUT2D eigenvalue weighted by Gasteiger charge is 2.15. The van der Waals surface area contributed by atoms with E-state index in [0.29, 0.717) is 17.7 Å². The van der Waals surface area contributed by atoms with E-state index in [0.717, 1.165) is 16.0 Å². The van der Waals surface area contributed by atoms with Crippen LogP contribution in [-0.2, 0) is 24.3 Å². The minimum atomic E-state index is -0.286. The molecule has 0 saturated heterocycles. The van der Waals surface area contributed by atoms with Crippen molar-refractivity contribution >= 4 is 33.0 Å². The van der Waals surface area contributed by atoms with Gasteiger partial charge in [0.15, 0.2) is 0 Å². The molecule has 0 bridgehead atoms. The van der Waals surface area contributed by atoms with Gasteiger partial charge < -0.3 is 9.73 Å². The van der Waals surface area contributed by atoms with Crippen molar-refractivity contribution in [2.45, 2.75) is 26.4 Å². The molecular formula is C17H16N4O3S. The Balaban J connectivity index is 1.66. The highest BCUT2D eigenvalue weighted by atomic mass is 32.1. The lowest BCUT2D eigenvalue weighted by atomic mass is 10.4. The molecule has 0 unspecified atom stereocenters. The summed E-state index contributed by atoms with van der Waals surface area (Å²) in [5.41, 5.74) is 1.26. The van der Waals surface area contributed by atoms with E-state index in [4.69, 9.17) is 4.42 Å². The second-order valence-electron chi connectivity index (χ2n) is 5.62. The summed E-state index contributed by atoms with van der Waals surface area (Å²) in [5, 5.41) is 9.11. The van der Waals surface area contributed by atoms with Gasteiger partial charge in [-0.15, -0.1) is 11.3 Å². The Kier molecular flexibility index (Phi) is 3.89. The molecule has 0 aliphatic heterocycles. The molecule has 0 aromatic carbocycles. The van der Waals surface area contributed by atoms with Crippen molar-refractivity contribution in [3.8, 4) is 0 Å². The smallest absolute Gasteiger partial charge is 0.291 e. The van der Waals surface area contributed by atoms with E-state index >= 15 is 0 Å². The second-order valence-corrected chi connectivity index (χ2v) is 6.57. The van der Waals surface area contributed by atoms with Gasteiger partial charge in [-0.1, -0.05) is 6.92 Å². The molecule has 1 amide bonds. The molecule has 128 valence electrons. The monoisotopic (exact) mass is 356 g/mol. The summed E-state index contributed by atoms with van der Waals surface area (Å²) in [6, 6.07) is 7.38. The van der Waals surface area contributed by atoms with Crippen molar-refractivity contribution in [3.63, 3.8) is 0 Å². The number of carbonyl (C=O) groups excluding carboxylic acids is 1. The Morgan fingerprint density at radius 3 is 3.00 bits per heavy atom. The zero-order chi connectivity index (χ0) is 17.4. The Bertz CT molecular complexity index is 1100. The molecule has 0 atom stereocenters. The lowest BCUT2D eigenvalue weighted by Crippen LogP contribution is -2.35. The standard InChI is InChI=1S/C17H16N4O3S/c1-2-15-19-20(10-16(22)18-9-11-4-3-6-24-11)17(23)13-8-14-12(21(13)15)5-7-25-14/h3-8H,2,9-10H2,1H3,(H,18,22). The number of thiophene rings is 1. The zero-order valence-electron chi connectivity index (χ0n) is 13.6. The summed E-state index contributed by atoms with van der Waals surface area (Å²) < 4.78 is 9.32. The van der Waals surface area contributed by atoms with Crippen LogP contribution in [0.5, 0.6) is 0 Å². The Labute approximate surface area is 146 Å². The molecule has 0 saturated carbocycles. The first-order chi connectivity index (χ1) is 12.2. The molecule has 4 aromatic rings. The number of nitrogens with zero attached hydrogens (tertiary/aromatic N) is 3. The summed E-state index contributed by atoms with van der Waals surface area (Å²) in [6.07, 6.45) is 2.21. The van der Waals surface area contributed by atoms with Crippen molar-refractivity contribution in [1.82, 2.24) is 19.5 Å². The number of furan rings is 1. The normalized spacial score (nSPS) is 11.4. The summed E-state index contributed by atoms with van der Waals surface area (Å²) in [6.45, 7) is 2.14.